The van der Waals surface area contributed by atoms with Crippen LogP contribution in [0.5, 0.6) is 5.75 Å². The zero-order valence-corrected chi connectivity index (χ0v) is 22.1. The maximum Gasteiger partial charge on any atom is 0.339 e. The number of benzene rings is 3. The number of nitrogens with one attached hydrogen (secondary N) is 1. The van der Waals surface area contributed by atoms with Crippen LogP contribution in [-0.2, 0) is 9.53 Å². The Labute approximate surface area is 223 Å². The van der Waals surface area contributed by atoms with E-state index in [4.69, 9.17) is 16.3 Å². The molecule has 0 aliphatic rings. The summed E-state index contributed by atoms with van der Waals surface area (Å²) in [7, 11) is 0. The summed E-state index contributed by atoms with van der Waals surface area (Å²) in [6, 6.07) is 17.5. The van der Waals surface area contributed by atoms with Crippen LogP contribution in [0.3, 0.4) is 0 Å². The van der Waals surface area contributed by atoms with Crippen molar-refractivity contribution in [1.82, 2.24) is 14.8 Å². The number of anilines is 1. The molecule has 3 aromatic carbocycles. The first-order valence-corrected chi connectivity index (χ1v) is 12.9. The van der Waals surface area contributed by atoms with Crippen LogP contribution in [0.1, 0.15) is 28.4 Å². The Morgan fingerprint density at radius 2 is 1.86 bits per heavy atom. The van der Waals surface area contributed by atoms with E-state index in [9.17, 15) is 14.7 Å². The molecule has 2 N–H and O–H groups in total. The fourth-order valence-electron chi connectivity index (χ4n) is 3.77. The molecular weight excluding hydrogens is 512 g/mol. The summed E-state index contributed by atoms with van der Waals surface area (Å²) in [6.45, 7) is 5.92. The molecule has 10 heteroatoms. The van der Waals surface area contributed by atoms with E-state index in [0.717, 1.165) is 16.8 Å². The van der Waals surface area contributed by atoms with Gasteiger partial charge in [-0.2, -0.15) is 0 Å². The Hall–Kier alpha value is -3.82. The molecule has 190 valence electrons. The van der Waals surface area contributed by atoms with E-state index in [2.05, 4.69) is 15.5 Å². The second-order valence-corrected chi connectivity index (χ2v) is 9.55. The van der Waals surface area contributed by atoms with Gasteiger partial charge in [0.25, 0.3) is 0 Å². The lowest BCUT2D eigenvalue weighted by Crippen LogP contribution is -2.15. The second kappa shape index (κ2) is 11.5. The zero-order chi connectivity index (χ0) is 26.5. The Balaban J connectivity index is 1.60. The van der Waals surface area contributed by atoms with Crippen molar-refractivity contribution in [1.29, 1.82) is 0 Å². The highest BCUT2D eigenvalue weighted by molar-refractivity contribution is 7.99. The van der Waals surface area contributed by atoms with Crippen molar-refractivity contribution in [3.05, 3.63) is 82.4 Å². The number of hydrogen-bond donors (Lipinski definition) is 2. The number of phenols is 1. The van der Waals surface area contributed by atoms with Gasteiger partial charge in [0.05, 0.1) is 34.2 Å². The Morgan fingerprint density at radius 3 is 2.59 bits per heavy atom. The average Bonchev–Trinajstić information content (AvgIpc) is 3.27. The fourth-order valence-corrected chi connectivity index (χ4v) is 4.71. The lowest BCUT2D eigenvalue weighted by Gasteiger charge is -2.14. The molecule has 0 bridgehead atoms. The van der Waals surface area contributed by atoms with E-state index in [0.29, 0.717) is 22.2 Å². The van der Waals surface area contributed by atoms with E-state index >= 15 is 0 Å². The van der Waals surface area contributed by atoms with Crippen LogP contribution in [0.15, 0.2) is 65.8 Å². The average molecular weight is 537 g/mol. The highest BCUT2D eigenvalue weighted by atomic mass is 35.5. The minimum Gasteiger partial charge on any atom is -0.507 e. The van der Waals surface area contributed by atoms with Gasteiger partial charge in [0.1, 0.15) is 5.75 Å². The van der Waals surface area contributed by atoms with Crippen molar-refractivity contribution in [2.75, 3.05) is 17.7 Å². The van der Waals surface area contributed by atoms with Gasteiger partial charge in [0.2, 0.25) is 5.91 Å². The van der Waals surface area contributed by atoms with Crippen molar-refractivity contribution in [3.8, 4) is 22.8 Å². The third kappa shape index (κ3) is 5.95. The number of rotatable bonds is 8. The van der Waals surface area contributed by atoms with Gasteiger partial charge >= 0.3 is 5.97 Å². The summed E-state index contributed by atoms with van der Waals surface area (Å²) in [5, 5.41) is 22.6. The first-order chi connectivity index (χ1) is 17.8. The smallest absolute Gasteiger partial charge is 0.339 e. The molecule has 0 atom stereocenters. The number of ether oxygens (including phenoxy) is 1. The first kappa shape index (κ1) is 26.2. The molecule has 4 rings (SSSR count). The van der Waals surface area contributed by atoms with Crippen molar-refractivity contribution < 1.29 is 19.4 Å². The van der Waals surface area contributed by atoms with E-state index < -0.39 is 5.97 Å². The van der Waals surface area contributed by atoms with Crippen molar-refractivity contribution >= 4 is 40.9 Å². The Bertz CT molecular complexity index is 1470. The van der Waals surface area contributed by atoms with Gasteiger partial charge in [-0.15, -0.1) is 10.2 Å². The largest absolute Gasteiger partial charge is 0.507 e. The minimum atomic E-state index is -0.559. The monoisotopic (exact) mass is 536 g/mol. The Morgan fingerprint density at radius 1 is 1.08 bits per heavy atom. The summed E-state index contributed by atoms with van der Waals surface area (Å²) in [6.07, 6.45) is 0. The number of carbonyl (C=O) groups excluding carboxylic acids is 2. The maximum atomic E-state index is 12.8. The van der Waals surface area contributed by atoms with Gasteiger partial charge in [-0.25, -0.2) is 4.79 Å². The van der Waals surface area contributed by atoms with Crippen LogP contribution in [0.25, 0.3) is 17.1 Å². The number of carbonyl (C=O) groups is 2. The van der Waals surface area contributed by atoms with Crippen molar-refractivity contribution in [2.24, 2.45) is 0 Å². The highest BCUT2D eigenvalue weighted by Gasteiger charge is 2.21. The normalized spacial score (nSPS) is 10.8. The highest BCUT2D eigenvalue weighted by Crippen LogP contribution is 2.34. The predicted molar refractivity (Wildman–Crippen MR) is 145 cm³/mol. The molecule has 0 unspecified atom stereocenters. The summed E-state index contributed by atoms with van der Waals surface area (Å²) >= 11 is 7.32. The molecule has 0 radical (unpaired) electrons. The SMILES string of the molecule is CCOC(=O)c1cc(NC(=O)CSc2nnc(-c3ccccc3O)n2-c2ccc(C)cc2C)ccc1Cl. The molecule has 0 spiro atoms. The molecule has 1 amide bonds. The number of phenolic OH excluding ortho intramolecular Hbond substituents is 1. The standard InChI is InChI=1S/C27H25ClN4O4S/c1-4-36-26(35)20-14-18(10-11-21(20)28)29-24(34)15-37-27-31-30-25(19-7-5-6-8-23(19)33)32(27)22-12-9-16(2)13-17(22)3/h5-14,33H,4,15H2,1-3H3,(H,29,34). The zero-order valence-electron chi connectivity index (χ0n) is 20.5. The molecule has 0 saturated heterocycles. The molecule has 1 heterocycles. The van der Waals surface area contributed by atoms with Gasteiger partial charge in [-0.3, -0.25) is 9.36 Å². The molecule has 0 aliphatic heterocycles. The summed E-state index contributed by atoms with van der Waals surface area (Å²) in [5.74, 6) is -0.293. The number of aryl methyl sites for hydroxylation is 2. The number of halogens is 1. The number of aromatic nitrogens is 3. The maximum absolute atomic E-state index is 12.8. The van der Waals surface area contributed by atoms with Crippen LogP contribution in [-0.4, -0.2) is 44.1 Å². The van der Waals surface area contributed by atoms with Gasteiger partial charge in [0, 0.05) is 5.69 Å². The van der Waals surface area contributed by atoms with Crippen LogP contribution in [0, 0.1) is 13.8 Å². The predicted octanol–water partition coefficient (Wildman–Crippen LogP) is 5.82. The number of esters is 1. The van der Waals surface area contributed by atoms with Gasteiger partial charge < -0.3 is 15.2 Å². The van der Waals surface area contributed by atoms with E-state index in [1.54, 1.807) is 31.2 Å². The lowest BCUT2D eigenvalue weighted by molar-refractivity contribution is -0.113. The van der Waals surface area contributed by atoms with Gasteiger partial charge in [-0.1, -0.05) is 53.2 Å². The first-order valence-electron chi connectivity index (χ1n) is 11.5. The molecule has 8 nitrogen and oxygen atoms in total. The number of para-hydroxylation sites is 1. The quantitative estimate of drug-likeness (QED) is 0.216. The molecule has 0 aliphatic carbocycles. The number of thioether (sulfide) groups is 1. The van der Waals surface area contributed by atoms with Crippen LogP contribution < -0.4 is 5.32 Å². The summed E-state index contributed by atoms with van der Waals surface area (Å²) < 4.78 is 6.85. The van der Waals surface area contributed by atoms with Gasteiger partial charge in [0.15, 0.2) is 11.0 Å². The van der Waals surface area contributed by atoms with Crippen LogP contribution in [0.4, 0.5) is 5.69 Å². The Kier molecular flexibility index (Phi) is 8.15. The number of aromatic hydroxyl groups is 1. The molecule has 0 saturated carbocycles. The lowest BCUT2D eigenvalue weighted by atomic mass is 10.1. The summed E-state index contributed by atoms with van der Waals surface area (Å²) in [4.78, 5) is 24.9. The van der Waals surface area contributed by atoms with Crippen molar-refractivity contribution in [3.63, 3.8) is 0 Å². The molecule has 0 fully saturated rings. The molecule has 1 aromatic heterocycles. The van der Waals surface area contributed by atoms with E-state index in [1.165, 1.54) is 23.9 Å². The molecule has 37 heavy (non-hydrogen) atoms. The third-order valence-corrected chi connectivity index (χ3v) is 6.71. The van der Waals surface area contributed by atoms with E-state index in [-0.39, 0.29) is 34.6 Å². The van der Waals surface area contributed by atoms with Crippen LogP contribution >= 0.6 is 23.4 Å². The molecule has 4 aromatic rings. The number of amides is 1. The van der Waals surface area contributed by atoms with E-state index in [1.807, 2.05) is 42.7 Å². The number of hydrogen-bond acceptors (Lipinski definition) is 7. The topological polar surface area (TPSA) is 106 Å². The second-order valence-electron chi connectivity index (χ2n) is 8.20. The summed E-state index contributed by atoms with van der Waals surface area (Å²) in [5.41, 5.74) is 4.07. The van der Waals surface area contributed by atoms with Crippen LogP contribution in [0.2, 0.25) is 5.02 Å². The molecular formula is C27H25ClN4O4S. The fraction of sp³-hybridized carbons (Fsp3) is 0.185. The van der Waals surface area contributed by atoms with Crippen molar-refractivity contribution in [2.45, 2.75) is 25.9 Å². The minimum absolute atomic E-state index is 0.0289. The third-order valence-electron chi connectivity index (χ3n) is 5.45. The number of nitrogens with zero attached hydrogens (tertiary/aromatic N) is 3. The van der Waals surface area contributed by atoms with Gasteiger partial charge in [-0.05, 0) is 62.7 Å².